The van der Waals surface area contributed by atoms with Crippen molar-refractivity contribution in [2.75, 3.05) is 4.90 Å². The summed E-state index contributed by atoms with van der Waals surface area (Å²) in [7, 11) is 0. The van der Waals surface area contributed by atoms with Crippen molar-refractivity contribution in [2.24, 2.45) is 0 Å². The van der Waals surface area contributed by atoms with E-state index >= 15 is 0 Å². The lowest BCUT2D eigenvalue weighted by atomic mass is 9.70. The van der Waals surface area contributed by atoms with Gasteiger partial charge in [0, 0.05) is 23.0 Å². The van der Waals surface area contributed by atoms with Crippen molar-refractivity contribution < 1.29 is 9.47 Å². The molecule has 1 heterocycles. The first-order valence-corrected chi connectivity index (χ1v) is 19.8. The van der Waals surface area contributed by atoms with Gasteiger partial charge in [0.1, 0.15) is 0 Å². The first kappa shape index (κ1) is 32.6. The highest BCUT2D eigenvalue weighted by molar-refractivity contribution is 5.97. The Labute approximate surface area is 337 Å². The Balaban J connectivity index is 1.03. The van der Waals surface area contributed by atoms with Crippen molar-refractivity contribution in [1.29, 1.82) is 0 Å². The Hall–Kier alpha value is -7.62. The second-order valence-corrected chi connectivity index (χ2v) is 15.2. The number of ether oxygens (including phenoxy) is 2. The van der Waals surface area contributed by atoms with Gasteiger partial charge in [-0.3, -0.25) is 0 Å². The molecule has 3 heteroatoms. The lowest BCUT2D eigenvalue weighted by molar-refractivity contribution is 0.355. The molecule has 3 aliphatic rings. The van der Waals surface area contributed by atoms with Gasteiger partial charge >= 0.3 is 0 Å². The van der Waals surface area contributed by atoms with Crippen molar-refractivity contribution in [3.63, 3.8) is 0 Å². The number of hydrogen-bond donors (Lipinski definition) is 0. The van der Waals surface area contributed by atoms with Gasteiger partial charge in [-0.15, -0.1) is 0 Å². The summed E-state index contributed by atoms with van der Waals surface area (Å²) in [5, 5.41) is 0. The zero-order chi connectivity index (χ0) is 38.2. The third-order valence-electron chi connectivity index (χ3n) is 12.1. The molecule has 1 aliphatic heterocycles. The van der Waals surface area contributed by atoms with Crippen LogP contribution in [0.5, 0.6) is 23.0 Å². The molecule has 272 valence electrons. The smallest absolute Gasteiger partial charge is 0.175 e. The van der Waals surface area contributed by atoms with E-state index in [2.05, 4.69) is 211 Å². The molecule has 0 amide bonds. The van der Waals surface area contributed by atoms with Crippen LogP contribution >= 0.6 is 0 Å². The van der Waals surface area contributed by atoms with Crippen LogP contribution in [-0.2, 0) is 5.41 Å². The third kappa shape index (κ3) is 4.68. The van der Waals surface area contributed by atoms with E-state index in [1.807, 2.05) is 6.07 Å². The number of hydrogen-bond acceptors (Lipinski definition) is 3. The minimum absolute atomic E-state index is 0.562. The zero-order valence-electron chi connectivity index (χ0n) is 31.5. The molecule has 9 aromatic rings. The molecule has 0 atom stereocenters. The molecule has 0 saturated heterocycles. The number of nitrogens with zero attached hydrogens (tertiary/aromatic N) is 1. The summed E-state index contributed by atoms with van der Waals surface area (Å²) in [5.41, 5.74) is 17.0. The second kappa shape index (κ2) is 12.7. The Kier molecular flexibility index (Phi) is 7.14. The summed E-state index contributed by atoms with van der Waals surface area (Å²) >= 11 is 0. The van der Waals surface area contributed by atoms with E-state index in [1.165, 1.54) is 50.1 Å². The fourth-order valence-corrected chi connectivity index (χ4v) is 9.77. The molecule has 2 aliphatic carbocycles. The van der Waals surface area contributed by atoms with Crippen LogP contribution in [0.3, 0.4) is 0 Å². The molecule has 0 fully saturated rings. The molecule has 3 nitrogen and oxygen atoms in total. The minimum Gasteiger partial charge on any atom is -0.449 e. The first-order chi connectivity index (χ1) is 28.8. The Morgan fingerprint density at radius 3 is 1.43 bits per heavy atom. The normalized spacial score (nSPS) is 13.2. The molecule has 9 aromatic carbocycles. The van der Waals surface area contributed by atoms with E-state index in [4.69, 9.17) is 9.47 Å². The van der Waals surface area contributed by atoms with E-state index in [1.54, 1.807) is 0 Å². The van der Waals surface area contributed by atoms with Crippen LogP contribution in [0.25, 0.3) is 44.5 Å². The number of anilines is 3. The molecular weight excluding hydrogens is 707 g/mol. The fourth-order valence-electron chi connectivity index (χ4n) is 9.77. The molecule has 58 heavy (non-hydrogen) atoms. The number of rotatable bonds is 5. The molecule has 0 bridgehead atoms. The Morgan fingerprint density at radius 1 is 0.310 bits per heavy atom. The van der Waals surface area contributed by atoms with Crippen LogP contribution in [0.15, 0.2) is 212 Å². The second-order valence-electron chi connectivity index (χ2n) is 15.2. The summed E-state index contributed by atoms with van der Waals surface area (Å²) in [6.07, 6.45) is 0. The van der Waals surface area contributed by atoms with Crippen LogP contribution in [0, 0.1) is 0 Å². The highest BCUT2D eigenvalue weighted by Crippen LogP contribution is 2.67. The number of fused-ring (bicyclic) bond motifs is 13. The molecule has 0 unspecified atom stereocenters. The van der Waals surface area contributed by atoms with Gasteiger partial charge in [-0.1, -0.05) is 164 Å². The monoisotopic (exact) mass is 741 g/mol. The van der Waals surface area contributed by atoms with Crippen molar-refractivity contribution >= 4 is 17.1 Å². The molecule has 0 aromatic heterocycles. The van der Waals surface area contributed by atoms with E-state index in [-0.39, 0.29) is 0 Å². The summed E-state index contributed by atoms with van der Waals surface area (Å²) in [6.45, 7) is 0. The minimum atomic E-state index is -0.562. The average Bonchev–Trinajstić information content (AvgIpc) is 3.77. The average molecular weight is 742 g/mol. The molecule has 0 radical (unpaired) electrons. The third-order valence-corrected chi connectivity index (χ3v) is 12.1. The molecule has 12 rings (SSSR count). The summed E-state index contributed by atoms with van der Waals surface area (Å²) in [6, 6.07) is 75.7. The highest BCUT2D eigenvalue weighted by atomic mass is 16.6. The molecule has 0 saturated carbocycles. The Bertz CT molecular complexity index is 3000. The quantitative estimate of drug-likeness (QED) is 0.175. The van der Waals surface area contributed by atoms with Crippen molar-refractivity contribution in [2.45, 2.75) is 5.41 Å². The predicted molar refractivity (Wildman–Crippen MR) is 235 cm³/mol. The topological polar surface area (TPSA) is 21.7 Å². The maximum absolute atomic E-state index is 7.25. The molecular formula is C55H35NO2. The van der Waals surface area contributed by atoms with Gasteiger partial charge in [-0.25, -0.2) is 0 Å². The van der Waals surface area contributed by atoms with Gasteiger partial charge in [0.15, 0.2) is 23.0 Å². The van der Waals surface area contributed by atoms with Gasteiger partial charge in [0.05, 0.1) is 11.1 Å². The van der Waals surface area contributed by atoms with Crippen LogP contribution in [-0.4, -0.2) is 0 Å². The van der Waals surface area contributed by atoms with Crippen LogP contribution in [0.2, 0.25) is 0 Å². The van der Waals surface area contributed by atoms with Gasteiger partial charge in [-0.2, -0.15) is 0 Å². The van der Waals surface area contributed by atoms with E-state index < -0.39 is 5.41 Å². The van der Waals surface area contributed by atoms with Crippen LogP contribution in [0.4, 0.5) is 17.1 Å². The first-order valence-electron chi connectivity index (χ1n) is 19.8. The number of para-hydroxylation sites is 1. The zero-order valence-corrected chi connectivity index (χ0v) is 31.5. The maximum atomic E-state index is 7.25. The van der Waals surface area contributed by atoms with E-state index in [0.717, 1.165) is 45.3 Å². The van der Waals surface area contributed by atoms with Crippen molar-refractivity contribution in [3.05, 3.63) is 235 Å². The highest BCUT2D eigenvalue weighted by Gasteiger charge is 2.54. The lowest BCUT2D eigenvalue weighted by Crippen LogP contribution is -2.26. The lowest BCUT2D eigenvalue weighted by Gasteiger charge is -2.33. The van der Waals surface area contributed by atoms with Gasteiger partial charge in [-0.05, 0) is 104 Å². The van der Waals surface area contributed by atoms with E-state index in [0.29, 0.717) is 11.5 Å². The van der Waals surface area contributed by atoms with Gasteiger partial charge in [0.2, 0.25) is 0 Å². The summed E-state index contributed by atoms with van der Waals surface area (Å²) < 4.78 is 14.1. The van der Waals surface area contributed by atoms with Crippen molar-refractivity contribution in [3.8, 4) is 67.5 Å². The fraction of sp³-hybridized carbons (Fsp3) is 0.0182. The summed E-state index contributed by atoms with van der Waals surface area (Å²) in [4.78, 5) is 2.30. The van der Waals surface area contributed by atoms with E-state index in [9.17, 15) is 0 Å². The predicted octanol–water partition coefficient (Wildman–Crippen LogP) is 14.7. The van der Waals surface area contributed by atoms with Crippen LogP contribution < -0.4 is 14.4 Å². The largest absolute Gasteiger partial charge is 0.449 e. The maximum Gasteiger partial charge on any atom is 0.175 e. The van der Waals surface area contributed by atoms with Crippen LogP contribution in [0.1, 0.15) is 22.3 Å². The number of benzene rings is 9. The van der Waals surface area contributed by atoms with Gasteiger partial charge < -0.3 is 14.4 Å². The van der Waals surface area contributed by atoms with Crippen molar-refractivity contribution in [1.82, 2.24) is 0 Å². The molecule has 0 N–H and O–H groups in total. The Morgan fingerprint density at radius 2 is 0.793 bits per heavy atom. The SMILES string of the molecule is c1ccc(-c2ccc(N(c3ccccc3)c3ccc4c(c3)Oc3c(ccc5c3C3(c6ccccc6-c6ccccc63)c3ccccc3-5)O4)cc2-c2ccccc2)cc1. The standard InChI is InChI=1S/C55H35NO2/c1-4-16-36(17-5-1)41-30-28-39(34-46(41)37-18-6-2-7-19-37)56(38-20-8-3-9-21-38)40-29-32-50-52(35-40)58-54-51(57-50)33-31-45-44-24-12-15-27-49(44)55(53(45)54)47-25-13-10-22-42(47)43-23-11-14-26-48(43)55/h1-35H. The summed E-state index contributed by atoms with van der Waals surface area (Å²) in [5.74, 6) is 2.84. The van der Waals surface area contributed by atoms with Gasteiger partial charge in [0.25, 0.3) is 0 Å². The molecule has 1 spiro atoms.